The van der Waals surface area contributed by atoms with Crippen LogP contribution in [0.25, 0.3) is 0 Å². The summed E-state index contributed by atoms with van der Waals surface area (Å²) in [5.74, 6) is 1.43. The molecule has 1 aliphatic heterocycles. The van der Waals surface area contributed by atoms with Crippen LogP contribution in [0.4, 0.5) is 0 Å². The van der Waals surface area contributed by atoms with Crippen molar-refractivity contribution in [3.8, 4) is 11.5 Å². The number of carbonyl (C=O) groups is 1. The molecule has 1 fully saturated rings. The quantitative estimate of drug-likeness (QED) is 0.867. The maximum absolute atomic E-state index is 12.6. The molecule has 0 spiro atoms. The average Bonchev–Trinajstić information content (AvgIpc) is 3.01. The van der Waals surface area contributed by atoms with Gasteiger partial charge in [0.1, 0.15) is 11.8 Å². The molecule has 1 aliphatic rings. The number of methoxy groups -OCH3 is 1. The number of hydrogen-bond acceptors (Lipinski definition) is 4. The van der Waals surface area contributed by atoms with E-state index in [1.54, 1.807) is 24.2 Å². The van der Waals surface area contributed by atoms with Crippen LogP contribution in [-0.2, 0) is 7.05 Å². The van der Waals surface area contributed by atoms with E-state index in [0.29, 0.717) is 18.0 Å². The number of carbonyl (C=O) groups excluding carboxylic acids is 1. The molecule has 1 atom stereocenters. The number of ether oxygens (including phenoxy) is 2. The summed E-state index contributed by atoms with van der Waals surface area (Å²) in [5.41, 5.74) is 0.600. The predicted molar refractivity (Wildman–Crippen MR) is 85.8 cm³/mol. The lowest BCUT2D eigenvalue weighted by Gasteiger charge is -2.33. The molecule has 0 radical (unpaired) electrons. The first-order chi connectivity index (χ1) is 11.2. The number of aryl methyl sites for hydroxylation is 1. The Balaban J connectivity index is 1.69. The Morgan fingerprint density at radius 2 is 2.09 bits per heavy atom. The third-order valence-corrected chi connectivity index (χ3v) is 4.06. The summed E-state index contributed by atoms with van der Waals surface area (Å²) in [6, 6.07) is 7.58. The minimum Gasteiger partial charge on any atom is -0.493 e. The maximum Gasteiger partial charge on any atom is 0.272 e. The summed E-state index contributed by atoms with van der Waals surface area (Å²) in [5, 5.41) is 0. The molecule has 6 nitrogen and oxygen atoms in total. The molecule has 2 aromatic rings. The number of likely N-dealkylation sites (tertiary alicyclic amines) is 1. The summed E-state index contributed by atoms with van der Waals surface area (Å²) >= 11 is 0. The molecule has 1 unspecified atom stereocenters. The highest BCUT2D eigenvalue weighted by Crippen LogP contribution is 2.28. The maximum atomic E-state index is 12.6. The lowest BCUT2D eigenvalue weighted by Crippen LogP contribution is -2.44. The van der Waals surface area contributed by atoms with Gasteiger partial charge in [0, 0.05) is 13.6 Å². The Bertz CT molecular complexity index is 683. The molecule has 0 saturated carbocycles. The second kappa shape index (κ2) is 6.73. The Kier molecular flexibility index (Phi) is 4.50. The minimum atomic E-state index is -0.0303. The average molecular weight is 315 g/mol. The van der Waals surface area contributed by atoms with Crippen molar-refractivity contribution in [3.63, 3.8) is 0 Å². The van der Waals surface area contributed by atoms with E-state index < -0.39 is 0 Å². The number of aromatic nitrogens is 2. The molecular formula is C17H21N3O3. The van der Waals surface area contributed by atoms with E-state index in [1.165, 1.54) is 0 Å². The number of amides is 1. The van der Waals surface area contributed by atoms with Gasteiger partial charge in [-0.25, -0.2) is 4.98 Å². The molecule has 0 bridgehead atoms. The Hall–Kier alpha value is -2.50. The Labute approximate surface area is 135 Å². The summed E-state index contributed by atoms with van der Waals surface area (Å²) in [6.45, 7) is 1.32. The summed E-state index contributed by atoms with van der Waals surface area (Å²) < 4.78 is 13.1. The molecule has 122 valence electrons. The Morgan fingerprint density at radius 3 is 2.78 bits per heavy atom. The van der Waals surface area contributed by atoms with E-state index in [1.807, 2.05) is 36.2 Å². The molecule has 6 heteroatoms. The standard InChI is InChI=1S/C17H21N3O3/c1-19-12-18-10-14(19)17(21)20-9-5-6-13(11-20)23-16-8-4-3-7-15(16)22-2/h3-4,7-8,10,12-13H,5-6,9,11H2,1-2H3. The number of para-hydroxylation sites is 2. The van der Waals surface area contributed by atoms with Gasteiger partial charge < -0.3 is 18.9 Å². The van der Waals surface area contributed by atoms with Crippen LogP contribution >= 0.6 is 0 Å². The first kappa shape index (κ1) is 15.4. The molecule has 0 aliphatic carbocycles. The van der Waals surface area contributed by atoms with E-state index in [0.717, 1.165) is 25.1 Å². The van der Waals surface area contributed by atoms with Gasteiger partial charge in [0.05, 0.1) is 26.2 Å². The Morgan fingerprint density at radius 1 is 1.30 bits per heavy atom. The first-order valence-electron chi connectivity index (χ1n) is 7.74. The van der Waals surface area contributed by atoms with Gasteiger partial charge in [-0.1, -0.05) is 12.1 Å². The highest BCUT2D eigenvalue weighted by Gasteiger charge is 2.27. The van der Waals surface area contributed by atoms with Crippen LogP contribution in [0.15, 0.2) is 36.8 Å². The van der Waals surface area contributed by atoms with Crippen LogP contribution in [0, 0.1) is 0 Å². The monoisotopic (exact) mass is 315 g/mol. The molecule has 1 aromatic carbocycles. The van der Waals surface area contributed by atoms with Crippen LogP contribution in [0.3, 0.4) is 0 Å². The topological polar surface area (TPSA) is 56.6 Å². The van der Waals surface area contributed by atoms with Crippen molar-refractivity contribution < 1.29 is 14.3 Å². The first-order valence-corrected chi connectivity index (χ1v) is 7.74. The predicted octanol–water partition coefficient (Wildman–Crippen LogP) is 2.11. The fourth-order valence-electron chi connectivity index (χ4n) is 2.84. The highest BCUT2D eigenvalue weighted by molar-refractivity contribution is 5.92. The highest BCUT2D eigenvalue weighted by atomic mass is 16.5. The van der Waals surface area contributed by atoms with Gasteiger partial charge in [0.15, 0.2) is 11.5 Å². The van der Waals surface area contributed by atoms with Crippen molar-refractivity contribution in [2.75, 3.05) is 20.2 Å². The van der Waals surface area contributed by atoms with E-state index in [2.05, 4.69) is 4.98 Å². The lowest BCUT2D eigenvalue weighted by molar-refractivity contribution is 0.0524. The zero-order valence-electron chi connectivity index (χ0n) is 13.4. The summed E-state index contributed by atoms with van der Waals surface area (Å²) in [7, 11) is 3.45. The molecule has 1 amide bonds. The number of nitrogens with zero attached hydrogens (tertiary/aromatic N) is 3. The lowest BCUT2D eigenvalue weighted by atomic mass is 10.1. The number of benzene rings is 1. The van der Waals surface area contributed by atoms with Crippen molar-refractivity contribution in [1.29, 1.82) is 0 Å². The van der Waals surface area contributed by atoms with Gasteiger partial charge in [-0.05, 0) is 25.0 Å². The van der Waals surface area contributed by atoms with Crippen LogP contribution in [0.5, 0.6) is 11.5 Å². The second-order valence-electron chi connectivity index (χ2n) is 5.67. The summed E-state index contributed by atoms with van der Waals surface area (Å²) in [6.07, 6.45) is 5.06. The normalized spacial score (nSPS) is 17.8. The SMILES string of the molecule is COc1ccccc1OC1CCCN(C(=O)c2cncn2C)C1. The van der Waals surface area contributed by atoms with Gasteiger partial charge in [0.2, 0.25) is 0 Å². The zero-order chi connectivity index (χ0) is 16.2. The van der Waals surface area contributed by atoms with Gasteiger partial charge in [0.25, 0.3) is 5.91 Å². The van der Waals surface area contributed by atoms with Gasteiger partial charge in [-0.3, -0.25) is 4.79 Å². The third-order valence-electron chi connectivity index (χ3n) is 4.06. The minimum absolute atomic E-state index is 0.00155. The third kappa shape index (κ3) is 3.31. The van der Waals surface area contributed by atoms with Crippen LogP contribution in [0.1, 0.15) is 23.3 Å². The van der Waals surface area contributed by atoms with E-state index in [9.17, 15) is 4.79 Å². The molecule has 1 saturated heterocycles. The zero-order valence-corrected chi connectivity index (χ0v) is 13.4. The number of rotatable bonds is 4. The van der Waals surface area contributed by atoms with Crippen LogP contribution in [-0.4, -0.2) is 46.7 Å². The van der Waals surface area contributed by atoms with Gasteiger partial charge in [-0.15, -0.1) is 0 Å². The van der Waals surface area contributed by atoms with E-state index in [-0.39, 0.29) is 12.0 Å². The van der Waals surface area contributed by atoms with Crippen molar-refractivity contribution in [3.05, 3.63) is 42.5 Å². The number of hydrogen-bond donors (Lipinski definition) is 0. The molecule has 3 rings (SSSR count). The molecule has 23 heavy (non-hydrogen) atoms. The molecular weight excluding hydrogens is 294 g/mol. The fourth-order valence-corrected chi connectivity index (χ4v) is 2.84. The molecule has 0 N–H and O–H groups in total. The van der Waals surface area contributed by atoms with Crippen molar-refractivity contribution >= 4 is 5.91 Å². The van der Waals surface area contributed by atoms with Gasteiger partial charge >= 0.3 is 0 Å². The largest absolute Gasteiger partial charge is 0.493 e. The van der Waals surface area contributed by atoms with Crippen molar-refractivity contribution in [2.24, 2.45) is 7.05 Å². The number of imidazole rings is 1. The van der Waals surface area contributed by atoms with E-state index >= 15 is 0 Å². The van der Waals surface area contributed by atoms with Crippen LogP contribution in [0.2, 0.25) is 0 Å². The van der Waals surface area contributed by atoms with Crippen LogP contribution < -0.4 is 9.47 Å². The number of piperidine rings is 1. The smallest absolute Gasteiger partial charge is 0.272 e. The fraction of sp³-hybridized carbons (Fsp3) is 0.412. The molecule has 1 aromatic heterocycles. The van der Waals surface area contributed by atoms with Crippen molar-refractivity contribution in [2.45, 2.75) is 18.9 Å². The second-order valence-corrected chi connectivity index (χ2v) is 5.67. The van der Waals surface area contributed by atoms with Crippen molar-refractivity contribution in [1.82, 2.24) is 14.5 Å². The molecule has 2 heterocycles. The van der Waals surface area contributed by atoms with E-state index in [4.69, 9.17) is 9.47 Å². The van der Waals surface area contributed by atoms with Gasteiger partial charge in [-0.2, -0.15) is 0 Å². The summed E-state index contributed by atoms with van der Waals surface area (Å²) in [4.78, 5) is 18.4.